The minimum absolute atomic E-state index is 0.129. The zero-order valence-electron chi connectivity index (χ0n) is 17.7. The monoisotopic (exact) mass is 422 g/mol. The molecule has 0 bridgehead atoms. The van der Waals surface area contributed by atoms with Crippen molar-refractivity contribution in [2.75, 3.05) is 13.7 Å². The second-order valence-corrected chi connectivity index (χ2v) is 7.29. The van der Waals surface area contributed by atoms with E-state index in [1.54, 1.807) is 6.07 Å². The molecule has 2 aliphatic rings. The van der Waals surface area contributed by atoms with Crippen LogP contribution in [0.2, 0.25) is 0 Å². The van der Waals surface area contributed by atoms with Crippen LogP contribution in [-0.4, -0.2) is 13.7 Å². The summed E-state index contributed by atoms with van der Waals surface area (Å²) in [7, 11) is 1.25. The van der Waals surface area contributed by atoms with Gasteiger partial charge in [-0.3, -0.25) is 0 Å². The van der Waals surface area contributed by atoms with Gasteiger partial charge in [0.2, 0.25) is 11.6 Å². The van der Waals surface area contributed by atoms with Gasteiger partial charge in [-0.25, -0.2) is 4.39 Å². The normalized spacial score (nSPS) is 22.2. The molecule has 0 aromatic heterocycles. The molecule has 1 aromatic rings. The predicted octanol–water partition coefficient (Wildman–Crippen LogP) is 6.87. The molecule has 0 spiro atoms. The minimum Gasteiger partial charge on any atom is -0.494 e. The average molecular weight is 422 g/mol. The predicted molar refractivity (Wildman–Crippen MR) is 112 cm³/mol. The first kappa shape index (κ1) is 23.8. The Morgan fingerprint density at radius 1 is 1.23 bits per heavy atom. The molecule has 6 heteroatoms. The van der Waals surface area contributed by atoms with Gasteiger partial charge in [-0.15, -0.1) is 13.2 Å². The number of methoxy groups -OCH3 is 1. The molecular formula is C24H29F3O3. The van der Waals surface area contributed by atoms with Crippen molar-refractivity contribution in [2.24, 2.45) is 5.92 Å². The van der Waals surface area contributed by atoms with Crippen molar-refractivity contribution in [1.29, 1.82) is 0 Å². The maximum atomic E-state index is 14.8. The number of fused-ring (bicyclic) bond motifs is 1. The molecule has 0 aliphatic carbocycles. The molecule has 30 heavy (non-hydrogen) atoms. The van der Waals surface area contributed by atoms with E-state index in [2.05, 4.69) is 33.2 Å². The van der Waals surface area contributed by atoms with Gasteiger partial charge in [0.1, 0.15) is 0 Å². The third-order valence-corrected chi connectivity index (χ3v) is 5.30. The molecule has 0 N–H and O–H groups in total. The lowest BCUT2D eigenvalue weighted by molar-refractivity contribution is -0.0215. The molecule has 0 radical (unpaired) electrons. The Hall–Kier alpha value is -2.47. The summed E-state index contributed by atoms with van der Waals surface area (Å²) in [6.07, 6.45) is 3.32. The lowest BCUT2D eigenvalue weighted by Gasteiger charge is -2.31. The smallest absolute Gasteiger partial charge is 0.207 e. The van der Waals surface area contributed by atoms with Crippen molar-refractivity contribution in [2.45, 2.75) is 45.1 Å². The van der Waals surface area contributed by atoms with E-state index in [4.69, 9.17) is 14.2 Å². The zero-order chi connectivity index (χ0) is 22.4. The number of ether oxygens (including phenoxy) is 3. The van der Waals surface area contributed by atoms with Crippen LogP contribution in [-0.2, 0) is 15.9 Å². The Kier molecular flexibility index (Phi) is 8.35. The van der Waals surface area contributed by atoms with Gasteiger partial charge in [0.15, 0.2) is 23.1 Å². The molecule has 3 nitrogen and oxygen atoms in total. The first-order valence-corrected chi connectivity index (χ1v) is 9.98. The highest BCUT2D eigenvalue weighted by molar-refractivity contribution is 5.51. The highest BCUT2D eigenvalue weighted by Gasteiger charge is 2.32. The average Bonchev–Trinajstić information content (AvgIpc) is 2.77. The second kappa shape index (κ2) is 10.5. The van der Waals surface area contributed by atoms with Crippen LogP contribution in [0.4, 0.5) is 13.2 Å². The van der Waals surface area contributed by atoms with E-state index in [0.717, 1.165) is 19.3 Å². The fourth-order valence-electron chi connectivity index (χ4n) is 3.75. The van der Waals surface area contributed by atoms with Crippen LogP contribution in [0, 0.1) is 17.6 Å². The highest BCUT2D eigenvalue weighted by Crippen LogP contribution is 2.42. The lowest BCUT2D eigenvalue weighted by atomic mass is 9.89. The summed E-state index contributed by atoms with van der Waals surface area (Å²) in [5, 5.41) is 0. The van der Waals surface area contributed by atoms with Crippen molar-refractivity contribution in [3.8, 4) is 5.75 Å². The van der Waals surface area contributed by atoms with E-state index in [1.807, 2.05) is 0 Å². The van der Waals surface area contributed by atoms with Crippen molar-refractivity contribution in [3.63, 3.8) is 0 Å². The molecule has 2 unspecified atom stereocenters. The van der Waals surface area contributed by atoms with Crippen molar-refractivity contribution in [3.05, 3.63) is 78.1 Å². The molecule has 0 saturated carbocycles. The van der Waals surface area contributed by atoms with Crippen LogP contribution >= 0.6 is 0 Å². The molecule has 1 aromatic carbocycles. The number of hydrogen-bond donors (Lipinski definition) is 0. The Bertz CT molecular complexity index is 837. The lowest BCUT2D eigenvalue weighted by Crippen LogP contribution is -2.22. The Morgan fingerprint density at radius 3 is 2.50 bits per heavy atom. The van der Waals surface area contributed by atoms with Crippen LogP contribution in [0.3, 0.4) is 0 Å². The zero-order valence-corrected chi connectivity index (χ0v) is 17.7. The molecule has 2 aliphatic heterocycles. The summed E-state index contributed by atoms with van der Waals surface area (Å²) in [5.74, 6) is -3.49. The van der Waals surface area contributed by atoms with Gasteiger partial charge in [-0.2, -0.15) is 8.78 Å². The third kappa shape index (κ3) is 4.81. The molecular weight excluding hydrogens is 393 g/mol. The van der Waals surface area contributed by atoms with Crippen molar-refractivity contribution >= 4 is 0 Å². The summed E-state index contributed by atoms with van der Waals surface area (Å²) in [6, 6.07) is 1.55. The number of allylic oxidation sites excluding steroid dienone is 2. The summed E-state index contributed by atoms with van der Waals surface area (Å²) < 4.78 is 59.8. The van der Waals surface area contributed by atoms with Gasteiger partial charge in [-0.1, -0.05) is 26.5 Å². The topological polar surface area (TPSA) is 27.7 Å². The van der Waals surface area contributed by atoms with E-state index in [0.29, 0.717) is 30.1 Å². The summed E-state index contributed by atoms with van der Waals surface area (Å²) >= 11 is 0. The fourth-order valence-corrected chi connectivity index (χ4v) is 3.75. The van der Waals surface area contributed by atoms with E-state index in [1.165, 1.54) is 7.11 Å². The molecule has 0 amide bonds. The molecule has 2 atom stereocenters. The van der Waals surface area contributed by atoms with Gasteiger partial charge < -0.3 is 14.2 Å². The largest absolute Gasteiger partial charge is 0.494 e. The van der Waals surface area contributed by atoms with Crippen LogP contribution in [0.15, 0.2) is 55.3 Å². The second-order valence-electron chi connectivity index (χ2n) is 7.29. The Morgan fingerprint density at radius 2 is 1.93 bits per heavy atom. The molecule has 1 saturated heterocycles. The van der Waals surface area contributed by atoms with E-state index < -0.39 is 23.6 Å². The maximum absolute atomic E-state index is 14.8. The van der Waals surface area contributed by atoms with Crippen LogP contribution in [0.25, 0.3) is 0 Å². The fraction of sp³-hybridized carbons (Fsp3) is 0.417. The summed E-state index contributed by atoms with van der Waals surface area (Å²) in [5.41, 5.74) is 0.891. The van der Waals surface area contributed by atoms with Crippen molar-refractivity contribution < 1.29 is 27.4 Å². The molecule has 1 fully saturated rings. The Balaban J connectivity index is 0.00000155. The number of rotatable bonds is 5. The highest BCUT2D eigenvalue weighted by atomic mass is 19.2. The third-order valence-electron chi connectivity index (χ3n) is 5.30. The number of halogens is 3. The van der Waals surface area contributed by atoms with Crippen molar-refractivity contribution in [1.82, 2.24) is 0 Å². The van der Waals surface area contributed by atoms with Gasteiger partial charge in [0, 0.05) is 17.5 Å². The number of benzene rings is 1. The molecule has 164 valence electrons. The molecule has 2 heterocycles. The van der Waals surface area contributed by atoms with Gasteiger partial charge in [0.05, 0.1) is 19.8 Å². The van der Waals surface area contributed by atoms with E-state index in [9.17, 15) is 13.2 Å². The van der Waals surface area contributed by atoms with Gasteiger partial charge in [-0.05, 0) is 36.8 Å². The SMILES string of the molecule is C=C.C=C(OC)/C(F)=C1/Oc2c(cc(C3CCC(CCC)CO3)c(F)c2F)CC1=C. The van der Waals surface area contributed by atoms with Gasteiger partial charge in [0.25, 0.3) is 0 Å². The van der Waals surface area contributed by atoms with E-state index >= 15 is 0 Å². The Labute approximate surface area is 176 Å². The van der Waals surface area contributed by atoms with Crippen LogP contribution < -0.4 is 4.74 Å². The quantitative estimate of drug-likeness (QED) is 0.383. The standard InChI is InChI=1S/C22H25F3O3.C2H4/c1-5-6-14-7-8-17(27-11-14)16-10-15-9-12(2)21(18(23)13(3)26-4)28-22(15)20(25)19(16)24;1-2/h10,14,17H,2-3,5-9,11H2,1,4H3;1-2H2/b21-18-;. The van der Waals surface area contributed by atoms with E-state index in [-0.39, 0.29) is 29.3 Å². The van der Waals surface area contributed by atoms with Gasteiger partial charge >= 0.3 is 0 Å². The van der Waals surface area contributed by atoms with Crippen LogP contribution in [0.1, 0.15) is 49.8 Å². The summed E-state index contributed by atoms with van der Waals surface area (Å²) in [6.45, 7) is 15.9. The van der Waals surface area contributed by atoms with Crippen LogP contribution in [0.5, 0.6) is 5.75 Å². The first-order chi connectivity index (χ1) is 14.4. The number of hydrogen-bond acceptors (Lipinski definition) is 3. The minimum atomic E-state index is -1.15. The summed E-state index contributed by atoms with van der Waals surface area (Å²) in [4.78, 5) is 0. The maximum Gasteiger partial charge on any atom is 0.207 e. The first-order valence-electron chi connectivity index (χ1n) is 9.98. The molecule has 3 rings (SSSR count).